The lowest BCUT2D eigenvalue weighted by Gasteiger charge is -2.16. The Kier molecular flexibility index (Phi) is 5.23. The van der Waals surface area contributed by atoms with Gasteiger partial charge in [-0.05, 0) is 55.8 Å². The Morgan fingerprint density at radius 3 is 2.84 bits per heavy atom. The fourth-order valence-corrected chi connectivity index (χ4v) is 2.27. The van der Waals surface area contributed by atoms with Crippen molar-refractivity contribution in [1.82, 2.24) is 5.32 Å². The number of aryl methyl sites for hydroxylation is 1. The third kappa shape index (κ3) is 5.21. The number of aliphatic hydroxyl groups excluding tert-OH is 1. The van der Waals surface area contributed by atoms with Gasteiger partial charge in [0.15, 0.2) is 0 Å². The van der Waals surface area contributed by atoms with Crippen LogP contribution in [0.2, 0.25) is 0 Å². The normalized spacial score (nSPS) is 18.1. The van der Waals surface area contributed by atoms with Crippen molar-refractivity contribution in [3.63, 3.8) is 0 Å². The Hall–Kier alpha value is -1.06. The molecule has 106 valence electrons. The molecule has 1 aromatic rings. The molecule has 0 amide bonds. The van der Waals surface area contributed by atoms with Crippen molar-refractivity contribution < 1.29 is 9.84 Å². The van der Waals surface area contributed by atoms with Crippen LogP contribution in [0.3, 0.4) is 0 Å². The number of hydrogen-bond acceptors (Lipinski definition) is 3. The van der Waals surface area contributed by atoms with E-state index in [1.54, 1.807) is 0 Å². The van der Waals surface area contributed by atoms with Crippen molar-refractivity contribution in [2.24, 2.45) is 11.8 Å². The molecule has 0 radical (unpaired) electrons. The van der Waals surface area contributed by atoms with Crippen LogP contribution in [-0.2, 0) is 0 Å². The molecule has 0 aliphatic heterocycles. The van der Waals surface area contributed by atoms with Crippen LogP contribution in [0.5, 0.6) is 5.75 Å². The van der Waals surface area contributed by atoms with E-state index >= 15 is 0 Å². The maximum Gasteiger partial charge on any atom is 0.119 e. The first-order valence-electron chi connectivity index (χ1n) is 7.23. The maximum atomic E-state index is 9.86. The van der Waals surface area contributed by atoms with Crippen LogP contribution in [0, 0.1) is 18.8 Å². The monoisotopic (exact) mass is 263 g/mol. The summed E-state index contributed by atoms with van der Waals surface area (Å²) in [5.74, 6) is 2.46. The lowest BCUT2D eigenvalue weighted by atomic mass is 10.1. The highest BCUT2D eigenvalue weighted by Gasteiger charge is 2.27. The van der Waals surface area contributed by atoms with Crippen LogP contribution in [0.1, 0.15) is 25.3 Å². The van der Waals surface area contributed by atoms with E-state index in [0.29, 0.717) is 13.2 Å². The average molecular weight is 263 g/mol. The van der Waals surface area contributed by atoms with Gasteiger partial charge in [-0.15, -0.1) is 0 Å². The van der Waals surface area contributed by atoms with Crippen LogP contribution in [0.15, 0.2) is 24.3 Å². The second kappa shape index (κ2) is 6.92. The minimum absolute atomic E-state index is 0.342. The first kappa shape index (κ1) is 14.4. The molecule has 19 heavy (non-hydrogen) atoms. The van der Waals surface area contributed by atoms with Crippen molar-refractivity contribution in [3.8, 4) is 5.75 Å². The summed E-state index contributed by atoms with van der Waals surface area (Å²) in [5.41, 5.74) is 1.17. The Morgan fingerprint density at radius 2 is 2.16 bits per heavy atom. The van der Waals surface area contributed by atoms with E-state index in [0.717, 1.165) is 24.1 Å². The van der Waals surface area contributed by atoms with Gasteiger partial charge in [0, 0.05) is 6.54 Å². The van der Waals surface area contributed by atoms with Gasteiger partial charge in [-0.2, -0.15) is 0 Å². The predicted molar refractivity (Wildman–Crippen MR) is 77.4 cm³/mol. The molecule has 0 spiro atoms. The summed E-state index contributed by atoms with van der Waals surface area (Å²) in [6, 6.07) is 7.90. The van der Waals surface area contributed by atoms with Gasteiger partial charge in [0.05, 0.1) is 0 Å². The molecule has 1 saturated carbocycles. The molecule has 3 nitrogen and oxygen atoms in total. The van der Waals surface area contributed by atoms with Crippen molar-refractivity contribution in [2.45, 2.75) is 32.8 Å². The standard InChI is InChI=1S/C16H25NO2/c1-12-4-3-5-16(8-12)19-11-15(18)10-17-9-13(2)14-6-7-14/h3-5,8,13-15,17-18H,6-7,9-11H2,1-2H3. The molecule has 0 saturated heterocycles. The van der Waals surface area contributed by atoms with E-state index in [2.05, 4.69) is 12.2 Å². The molecule has 3 heteroatoms. The molecule has 0 heterocycles. The van der Waals surface area contributed by atoms with Crippen LogP contribution < -0.4 is 10.1 Å². The van der Waals surface area contributed by atoms with Crippen LogP contribution in [-0.4, -0.2) is 30.9 Å². The number of benzene rings is 1. The zero-order valence-corrected chi connectivity index (χ0v) is 11.9. The van der Waals surface area contributed by atoms with Crippen LogP contribution in [0.4, 0.5) is 0 Å². The number of nitrogens with one attached hydrogen (secondary N) is 1. The Morgan fingerprint density at radius 1 is 1.37 bits per heavy atom. The van der Waals surface area contributed by atoms with E-state index in [1.807, 2.05) is 31.2 Å². The summed E-state index contributed by atoms with van der Waals surface area (Å²) < 4.78 is 5.58. The second-order valence-corrected chi connectivity index (χ2v) is 5.75. The van der Waals surface area contributed by atoms with Gasteiger partial charge in [0.2, 0.25) is 0 Å². The average Bonchev–Trinajstić information content (AvgIpc) is 3.20. The van der Waals surface area contributed by atoms with Crippen LogP contribution >= 0.6 is 0 Å². The van der Waals surface area contributed by atoms with Gasteiger partial charge < -0.3 is 15.2 Å². The third-order valence-corrected chi connectivity index (χ3v) is 3.70. The Balaban J connectivity index is 1.60. The first-order valence-corrected chi connectivity index (χ1v) is 7.23. The number of ether oxygens (including phenoxy) is 1. The topological polar surface area (TPSA) is 41.5 Å². The van der Waals surface area contributed by atoms with Crippen molar-refractivity contribution in [2.75, 3.05) is 19.7 Å². The summed E-state index contributed by atoms with van der Waals surface area (Å²) in [5, 5.41) is 13.2. The number of rotatable bonds is 8. The van der Waals surface area contributed by atoms with E-state index in [9.17, 15) is 5.11 Å². The second-order valence-electron chi connectivity index (χ2n) is 5.75. The summed E-state index contributed by atoms with van der Waals surface area (Å²) in [6.45, 7) is 6.24. The fourth-order valence-electron chi connectivity index (χ4n) is 2.27. The molecular formula is C16H25NO2. The van der Waals surface area contributed by atoms with Gasteiger partial charge >= 0.3 is 0 Å². The quantitative estimate of drug-likeness (QED) is 0.756. The summed E-state index contributed by atoms with van der Waals surface area (Å²) in [6.07, 6.45) is 2.30. The highest BCUT2D eigenvalue weighted by molar-refractivity contribution is 5.27. The van der Waals surface area contributed by atoms with Gasteiger partial charge in [0.1, 0.15) is 18.5 Å². The molecule has 1 aliphatic carbocycles. The molecule has 1 aromatic carbocycles. The Labute approximate surface area is 116 Å². The summed E-state index contributed by atoms with van der Waals surface area (Å²) in [4.78, 5) is 0. The van der Waals surface area contributed by atoms with E-state index < -0.39 is 6.10 Å². The lowest BCUT2D eigenvalue weighted by Crippen LogP contribution is -2.34. The smallest absolute Gasteiger partial charge is 0.119 e. The van der Waals surface area contributed by atoms with E-state index in [4.69, 9.17) is 4.74 Å². The number of aliphatic hydroxyl groups is 1. The largest absolute Gasteiger partial charge is 0.491 e. The molecule has 2 N–H and O–H groups in total. The zero-order valence-electron chi connectivity index (χ0n) is 11.9. The Bertz CT molecular complexity index is 390. The van der Waals surface area contributed by atoms with E-state index in [1.165, 1.54) is 18.4 Å². The highest BCUT2D eigenvalue weighted by atomic mass is 16.5. The van der Waals surface area contributed by atoms with Gasteiger partial charge in [-0.3, -0.25) is 0 Å². The molecular weight excluding hydrogens is 238 g/mol. The third-order valence-electron chi connectivity index (χ3n) is 3.70. The fraction of sp³-hybridized carbons (Fsp3) is 0.625. The van der Waals surface area contributed by atoms with Crippen molar-refractivity contribution >= 4 is 0 Å². The lowest BCUT2D eigenvalue weighted by molar-refractivity contribution is 0.105. The van der Waals surface area contributed by atoms with E-state index in [-0.39, 0.29) is 0 Å². The molecule has 0 aromatic heterocycles. The van der Waals surface area contributed by atoms with Gasteiger partial charge in [0.25, 0.3) is 0 Å². The molecule has 0 bridgehead atoms. The highest BCUT2D eigenvalue weighted by Crippen LogP contribution is 2.35. The number of hydrogen-bond donors (Lipinski definition) is 2. The SMILES string of the molecule is Cc1cccc(OCC(O)CNCC(C)C2CC2)c1. The summed E-state index contributed by atoms with van der Waals surface area (Å²) >= 11 is 0. The van der Waals surface area contributed by atoms with Crippen LogP contribution in [0.25, 0.3) is 0 Å². The van der Waals surface area contributed by atoms with Crippen molar-refractivity contribution in [1.29, 1.82) is 0 Å². The molecule has 2 unspecified atom stereocenters. The maximum absolute atomic E-state index is 9.86. The first-order chi connectivity index (χ1) is 9.15. The zero-order chi connectivity index (χ0) is 13.7. The summed E-state index contributed by atoms with van der Waals surface area (Å²) in [7, 11) is 0. The minimum Gasteiger partial charge on any atom is -0.491 e. The van der Waals surface area contributed by atoms with Crippen molar-refractivity contribution in [3.05, 3.63) is 29.8 Å². The minimum atomic E-state index is -0.452. The molecule has 2 rings (SSSR count). The van der Waals surface area contributed by atoms with Gasteiger partial charge in [-0.1, -0.05) is 19.1 Å². The van der Waals surface area contributed by atoms with Gasteiger partial charge in [-0.25, -0.2) is 0 Å². The predicted octanol–water partition coefficient (Wildman–Crippen LogP) is 2.37. The molecule has 1 fully saturated rings. The molecule has 2 atom stereocenters. The molecule has 1 aliphatic rings.